The van der Waals surface area contributed by atoms with Crippen molar-refractivity contribution in [2.24, 2.45) is 10.9 Å². The van der Waals surface area contributed by atoms with Crippen LogP contribution in [0.15, 0.2) is 4.99 Å². The minimum Gasteiger partial charge on any atom is -0.362 e. The molecule has 1 heterocycles. The minimum absolute atomic E-state index is 0.548. The zero-order valence-corrected chi connectivity index (χ0v) is 12.6. The molecule has 0 amide bonds. The third-order valence-corrected chi connectivity index (χ3v) is 5.76. The van der Waals surface area contributed by atoms with Gasteiger partial charge >= 0.3 is 0 Å². The number of hydrogen-bond donors (Lipinski definition) is 1. The van der Waals surface area contributed by atoms with Crippen LogP contribution in [-0.4, -0.2) is 34.5 Å². The van der Waals surface area contributed by atoms with Crippen LogP contribution in [-0.2, 0) is 0 Å². The van der Waals surface area contributed by atoms with Gasteiger partial charge in [0, 0.05) is 17.5 Å². The van der Waals surface area contributed by atoms with Gasteiger partial charge in [0.15, 0.2) is 5.17 Å². The van der Waals surface area contributed by atoms with Crippen molar-refractivity contribution in [3.8, 4) is 0 Å². The Morgan fingerprint density at radius 1 is 1.47 bits per heavy atom. The van der Waals surface area contributed by atoms with Gasteiger partial charge < -0.3 is 5.32 Å². The van der Waals surface area contributed by atoms with Crippen molar-refractivity contribution in [1.29, 1.82) is 0 Å². The van der Waals surface area contributed by atoms with Crippen LogP contribution in [0.25, 0.3) is 0 Å². The zero-order valence-electron chi connectivity index (χ0n) is 10.9. The van der Waals surface area contributed by atoms with E-state index < -0.39 is 0 Å². The van der Waals surface area contributed by atoms with Gasteiger partial charge in [-0.2, -0.15) is 11.8 Å². The van der Waals surface area contributed by atoms with Crippen LogP contribution < -0.4 is 5.32 Å². The standard InChI is InChI=1S/C13H24N2S2/c1-3-16-8-10(2)14-13-15-12-7-5-4-6-11(12)9-17-13/h10-12H,3-9H2,1-2H3,(H,14,15). The average Bonchev–Trinajstić information content (AvgIpc) is 2.36. The van der Waals surface area contributed by atoms with Crippen molar-refractivity contribution in [3.05, 3.63) is 0 Å². The first kappa shape index (κ1) is 13.6. The van der Waals surface area contributed by atoms with Gasteiger partial charge in [-0.1, -0.05) is 31.5 Å². The Hall–Kier alpha value is 0.170. The SMILES string of the molecule is CCSCC(C)NC1=NC2CCCCC2CS1. The molecule has 0 spiro atoms. The van der Waals surface area contributed by atoms with Gasteiger partial charge in [0.25, 0.3) is 0 Å². The normalized spacial score (nSPS) is 30.4. The summed E-state index contributed by atoms with van der Waals surface area (Å²) in [5, 5.41) is 4.78. The van der Waals surface area contributed by atoms with E-state index >= 15 is 0 Å². The summed E-state index contributed by atoms with van der Waals surface area (Å²) >= 11 is 3.94. The number of aliphatic imine (C=N–C) groups is 1. The van der Waals surface area contributed by atoms with E-state index in [0.29, 0.717) is 12.1 Å². The summed E-state index contributed by atoms with van der Waals surface area (Å²) in [5.74, 6) is 4.53. The second-order valence-corrected chi connectivity index (χ2v) is 7.39. The maximum atomic E-state index is 4.91. The molecule has 1 N–H and O–H groups in total. The lowest BCUT2D eigenvalue weighted by Crippen LogP contribution is -2.39. The number of nitrogens with one attached hydrogen (secondary N) is 1. The summed E-state index contributed by atoms with van der Waals surface area (Å²) in [6.45, 7) is 4.48. The molecule has 1 aliphatic heterocycles. The Bertz CT molecular complexity index is 268. The minimum atomic E-state index is 0.548. The molecule has 4 heteroatoms. The predicted octanol–water partition coefficient (Wildman–Crippen LogP) is 3.38. The molecule has 0 aromatic heterocycles. The summed E-state index contributed by atoms with van der Waals surface area (Å²) in [6.07, 6.45) is 5.51. The van der Waals surface area contributed by atoms with Crippen molar-refractivity contribution in [1.82, 2.24) is 5.32 Å². The fourth-order valence-electron chi connectivity index (χ4n) is 2.55. The van der Waals surface area contributed by atoms with Crippen LogP contribution in [0.2, 0.25) is 0 Å². The largest absolute Gasteiger partial charge is 0.362 e. The fraction of sp³-hybridized carbons (Fsp3) is 0.923. The Labute approximate surface area is 114 Å². The highest BCUT2D eigenvalue weighted by atomic mass is 32.2. The van der Waals surface area contributed by atoms with E-state index in [-0.39, 0.29) is 0 Å². The summed E-state index contributed by atoms with van der Waals surface area (Å²) in [5.41, 5.74) is 0. The van der Waals surface area contributed by atoms with E-state index in [2.05, 4.69) is 19.2 Å². The Kier molecular flexibility index (Phi) is 5.54. The molecule has 0 bridgehead atoms. The van der Waals surface area contributed by atoms with E-state index in [0.717, 1.165) is 5.92 Å². The summed E-state index contributed by atoms with van der Waals surface area (Å²) in [6, 6.07) is 1.17. The fourth-order valence-corrected chi connectivity index (χ4v) is 4.48. The lowest BCUT2D eigenvalue weighted by Gasteiger charge is -2.33. The van der Waals surface area contributed by atoms with Gasteiger partial charge in [0.1, 0.15) is 0 Å². The van der Waals surface area contributed by atoms with Crippen LogP contribution in [0.3, 0.4) is 0 Å². The van der Waals surface area contributed by atoms with E-state index in [1.807, 2.05) is 23.5 Å². The number of hydrogen-bond acceptors (Lipinski definition) is 4. The van der Waals surface area contributed by atoms with E-state index in [4.69, 9.17) is 4.99 Å². The molecular formula is C13H24N2S2. The molecule has 1 aliphatic carbocycles. The first-order valence-electron chi connectivity index (χ1n) is 6.84. The van der Waals surface area contributed by atoms with Crippen molar-refractivity contribution in [3.63, 3.8) is 0 Å². The topological polar surface area (TPSA) is 24.4 Å². The second-order valence-electron chi connectivity index (χ2n) is 5.06. The highest BCUT2D eigenvalue weighted by molar-refractivity contribution is 8.13. The van der Waals surface area contributed by atoms with E-state index in [9.17, 15) is 0 Å². The van der Waals surface area contributed by atoms with Crippen LogP contribution in [0, 0.1) is 5.92 Å². The van der Waals surface area contributed by atoms with E-state index in [1.165, 1.54) is 48.1 Å². The quantitative estimate of drug-likeness (QED) is 0.849. The first-order chi connectivity index (χ1) is 8.29. The van der Waals surface area contributed by atoms with Crippen molar-refractivity contribution < 1.29 is 0 Å². The molecule has 3 unspecified atom stereocenters. The maximum absolute atomic E-state index is 4.91. The summed E-state index contributed by atoms with van der Waals surface area (Å²) < 4.78 is 0. The molecule has 3 atom stereocenters. The van der Waals surface area contributed by atoms with Crippen molar-refractivity contribution in [2.45, 2.75) is 51.6 Å². The molecule has 0 aromatic rings. The van der Waals surface area contributed by atoms with Crippen molar-refractivity contribution in [2.75, 3.05) is 17.3 Å². The molecule has 1 fully saturated rings. The average molecular weight is 272 g/mol. The third kappa shape index (κ3) is 4.09. The Balaban J connectivity index is 1.82. The number of amidine groups is 1. The lowest BCUT2D eigenvalue weighted by molar-refractivity contribution is 0.335. The molecule has 2 nitrogen and oxygen atoms in total. The zero-order chi connectivity index (χ0) is 12.1. The highest BCUT2D eigenvalue weighted by Gasteiger charge is 2.29. The molecule has 0 aromatic carbocycles. The van der Waals surface area contributed by atoms with Crippen LogP contribution >= 0.6 is 23.5 Å². The molecule has 17 heavy (non-hydrogen) atoms. The van der Waals surface area contributed by atoms with Gasteiger partial charge in [-0.25, -0.2) is 0 Å². The Morgan fingerprint density at radius 3 is 3.12 bits per heavy atom. The second kappa shape index (κ2) is 6.93. The third-order valence-electron chi connectivity index (χ3n) is 3.53. The van der Waals surface area contributed by atoms with Gasteiger partial charge in [-0.3, -0.25) is 4.99 Å². The van der Waals surface area contributed by atoms with Crippen LogP contribution in [0.4, 0.5) is 0 Å². The van der Waals surface area contributed by atoms with Gasteiger partial charge in [0.2, 0.25) is 0 Å². The number of rotatable bonds is 4. The monoisotopic (exact) mass is 272 g/mol. The van der Waals surface area contributed by atoms with Gasteiger partial charge in [0.05, 0.1) is 6.04 Å². The molecular weight excluding hydrogens is 248 g/mol. The molecule has 2 rings (SSSR count). The number of nitrogens with zero attached hydrogens (tertiary/aromatic N) is 1. The number of fused-ring (bicyclic) bond motifs is 1. The van der Waals surface area contributed by atoms with Gasteiger partial charge in [-0.15, -0.1) is 0 Å². The smallest absolute Gasteiger partial charge is 0.157 e. The molecule has 0 saturated heterocycles. The van der Waals surface area contributed by atoms with Crippen LogP contribution in [0.1, 0.15) is 39.5 Å². The van der Waals surface area contributed by atoms with Crippen molar-refractivity contribution >= 4 is 28.7 Å². The highest BCUT2D eigenvalue weighted by Crippen LogP contribution is 2.33. The molecule has 98 valence electrons. The Morgan fingerprint density at radius 2 is 2.29 bits per heavy atom. The molecule has 2 aliphatic rings. The summed E-state index contributed by atoms with van der Waals surface area (Å²) in [4.78, 5) is 4.91. The summed E-state index contributed by atoms with van der Waals surface area (Å²) in [7, 11) is 0. The number of thioether (sulfide) groups is 2. The maximum Gasteiger partial charge on any atom is 0.157 e. The predicted molar refractivity (Wildman–Crippen MR) is 81.2 cm³/mol. The molecule has 1 saturated carbocycles. The lowest BCUT2D eigenvalue weighted by atomic mass is 9.86. The van der Waals surface area contributed by atoms with Gasteiger partial charge in [-0.05, 0) is 31.4 Å². The first-order valence-corrected chi connectivity index (χ1v) is 8.98. The van der Waals surface area contributed by atoms with Crippen LogP contribution in [0.5, 0.6) is 0 Å². The van der Waals surface area contributed by atoms with E-state index in [1.54, 1.807) is 0 Å². The molecule has 0 radical (unpaired) electrons.